The number of halogens is 1. The van der Waals surface area contributed by atoms with E-state index in [1.54, 1.807) is 18.2 Å². The Kier molecular flexibility index (Phi) is 10.5. The summed E-state index contributed by atoms with van der Waals surface area (Å²) >= 11 is -1.12. The number of nitrogens with one attached hydrogen (secondary N) is 2. The van der Waals surface area contributed by atoms with Crippen LogP contribution >= 0.6 is 20.1 Å². The molecule has 1 fully saturated rings. The molecular weight excluding hydrogens is 621 g/mol. The summed E-state index contributed by atoms with van der Waals surface area (Å²) in [5.74, 6) is 0.270. The van der Waals surface area contributed by atoms with Gasteiger partial charge >= 0.3 is 176 Å². The topological polar surface area (TPSA) is 97.0 Å². The van der Waals surface area contributed by atoms with Gasteiger partial charge in [0, 0.05) is 5.56 Å². The summed E-state index contributed by atoms with van der Waals surface area (Å²) in [4.78, 5) is 41.5. The van der Waals surface area contributed by atoms with Crippen LogP contribution < -0.4 is 15.4 Å². The average Bonchev–Trinajstić information content (AvgIpc) is 2.96. The molecule has 0 aromatic heterocycles. The van der Waals surface area contributed by atoms with Crippen molar-refractivity contribution in [2.75, 3.05) is 40.7 Å². The van der Waals surface area contributed by atoms with Crippen molar-refractivity contribution in [1.82, 2.24) is 3.11 Å². The van der Waals surface area contributed by atoms with Gasteiger partial charge in [-0.1, -0.05) is 0 Å². The van der Waals surface area contributed by atoms with E-state index in [9.17, 15) is 14.4 Å². The maximum absolute atomic E-state index is 13.0. The van der Waals surface area contributed by atoms with Crippen LogP contribution in [-0.2, 0) is 16.0 Å². The number of amides is 2. The van der Waals surface area contributed by atoms with Gasteiger partial charge < -0.3 is 10.1 Å². The van der Waals surface area contributed by atoms with E-state index < -0.39 is 26.2 Å². The third-order valence-electron chi connectivity index (χ3n) is 6.76. The molecule has 212 valence electrons. The Morgan fingerprint density at radius 3 is 2.55 bits per heavy atom. The van der Waals surface area contributed by atoms with E-state index >= 15 is 0 Å². The Labute approximate surface area is 243 Å². The van der Waals surface area contributed by atoms with Crippen LogP contribution in [0.15, 0.2) is 66.7 Å². The predicted octanol–water partition coefficient (Wildman–Crippen LogP) is 6.44. The van der Waals surface area contributed by atoms with E-state index in [-0.39, 0.29) is 18.4 Å². The molecule has 2 amide bonds. The molecule has 0 saturated carbocycles. The molecule has 2 N–H and O–H groups in total. The molecule has 1 aliphatic heterocycles. The third-order valence-corrected chi connectivity index (χ3v) is 10.4. The zero-order valence-corrected chi connectivity index (χ0v) is 25.3. The van der Waals surface area contributed by atoms with Crippen LogP contribution in [0.1, 0.15) is 35.2 Å². The van der Waals surface area contributed by atoms with Crippen LogP contribution in [0, 0.1) is 0 Å². The van der Waals surface area contributed by atoms with E-state index in [1.807, 2.05) is 48.5 Å². The number of carbonyl (C=O) groups excluding carboxylic acids is 3. The van der Waals surface area contributed by atoms with E-state index in [1.165, 1.54) is 7.11 Å². The number of ether oxygens (including phenoxy) is 2. The molecule has 1 unspecified atom stereocenters. The fourth-order valence-electron chi connectivity index (χ4n) is 4.68. The molecule has 0 bridgehead atoms. The summed E-state index contributed by atoms with van der Waals surface area (Å²) < 4.78 is 13.6. The zero-order valence-electron chi connectivity index (χ0n) is 23.1. The van der Waals surface area contributed by atoms with Crippen LogP contribution in [-0.4, -0.2) is 57.6 Å². The molecule has 0 spiro atoms. The first-order valence-corrected chi connectivity index (χ1v) is 18.5. The maximum atomic E-state index is 13.0. The summed E-state index contributed by atoms with van der Waals surface area (Å²) in [5, 5.41) is 5.81. The van der Waals surface area contributed by atoms with Crippen LogP contribution in [0.5, 0.6) is 5.75 Å². The molecule has 8 nitrogen and oxygen atoms in total. The number of methoxy groups -OCH3 is 1. The quantitative estimate of drug-likeness (QED) is 0.113. The minimum atomic E-state index is -1.12. The van der Waals surface area contributed by atoms with Gasteiger partial charge in [-0.25, -0.2) is 0 Å². The van der Waals surface area contributed by atoms with E-state index in [4.69, 9.17) is 9.47 Å². The monoisotopic (exact) mass is 657 g/mol. The Balaban J connectivity index is 1.46. The molecular formula is C31H36IN3O5. The van der Waals surface area contributed by atoms with Crippen LogP contribution in [0.4, 0.5) is 16.2 Å². The van der Waals surface area contributed by atoms with E-state index in [0.29, 0.717) is 29.1 Å². The SMILES string of the molecule is COc1ccc(C=O)cc1NC(=O)CCc1ccc(-c2ccccc2)c(NC(=O)OC2CCCN(I(C)C)C2)c1. The summed E-state index contributed by atoms with van der Waals surface area (Å²) in [6.07, 6.45) is 2.71. The summed E-state index contributed by atoms with van der Waals surface area (Å²) in [6.45, 7) is 1.88. The third kappa shape index (κ3) is 8.04. The van der Waals surface area contributed by atoms with Gasteiger partial charge in [0.15, 0.2) is 0 Å². The van der Waals surface area contributed by atoms with Gasteiger partial charge in [-0.2, -0.15) is 0 Å². The number of alkyl halides is 2. The molecule has 1 saturated heterocycles. The second kappa shape index (κ2) is 14.3. The molecule has 3 aromatic carbocycles. The standard InChI is InChI=1S/C31H36IN3O5/c1-32(2)35-17-7-10-25(20-35)40-31(38)34-27-18-22(11-14-26(27)24-8-5-4-6-9-24)13-16-30(37)33-28-19-23(21-36)12-15-29(28)39-3/h4-6,8-9,11-12,14-15,18-19,21,25H,7,10,13,16-17,20H2,1-3H3,(H,33,37)(H,34,38). The van der Waals surface area contributed by atoms with Crippen molar-refractivity contribution in [3.05, 3.63) is 77.9 Å². The Morgan fingerprint density at radius 1 is 1.02 bits per heavy atom. The van der Waals surface area contributed by atoms with Crippen LogP contribution in [0.3, 0.4) is 0 Å². The van der Waals surface area contributed by atoms with Crippen molar-refractivity contribution in [3.8, 4) is 16.9 Å². The first-order chi connectivity index (χ1) is 19.4. The van der Waals surface area contributed by atoms with Gasteiger partial charge in [0.1, 0.15) is 12.0 Å². The number of carbonyl (C=O) groups is 3. The number of aryl methyl sites for hydroxylation is 1. The number of aldehydes is 1. The summed E-state index contributed by atoms with van der Waals surface area (Å²) in [6, 6.07) is 20.5. The normalized spacial score (nSPS) is 15.6. The minimum absolute atomic E-state index is 0.116. The number of nitrogens with zero attached hydrogens (tertiary/aromatic N) is 1. The Bertz CT molecular complexity index is 1330. The molecule has 1 aliphatic rings. The predicted molar refractivity (Wildman–Crippen MR) is 168 cm³/mol. The van der Waals surface area contributed by atoms with Gasteiger partial charge in [0.2, 0.25) is 0 Å². The molecule has 1 heterocycles. The number of hydrogen-bond donors (Lipinski definition) is 2. The average molecular weight is 658 g/mol. The van der Waals surface area contributed by atoms with E-state index in [0.717, 1.165) is 48.9 Å². The number of benzene rings is 3. The first-order valence-electron chi connectivity index (χ1n) is 13.2. The van der Waals surface area contributed by atoms with Crippen molar-refractivity contribution < 1.29 is 23.9 Å². The van der Waals surface area contributed by atoms with Gasteiger partial charge in [-0.05, 0) is 18.2 Å². The Hall–Kier alpha value is -3.44. The molecule has 1 atom stereocenters. The fourth-order valence-corrected chi connectivity index (χ4v) is 7.21. The second-order valence-electron chi connectivity index (χ2n) is 9.75. The van der Waals surface area contributed by atoms with E-state index in [2.05, 4.69) is 23.6 Å². The fraction of sp³-hybridized carbons (Fsp3) is 0.323. The molecule has 4 rings (SSSR count). The summed E-state index contributed by atoms with van der Waals surface area (Å²) in [7, 11) is 1.51. The van der Waals surface area contributed by atoms with Crippen molar-refractivity contribution in [1.29, 1.82) is 0 Å². The summed E-state index contributed by atoms with van der Waals surface area (Å²) in [5.41, 5.74) is 4.28. The Morgan fingerprint density at radius 2 is 1.82 bits per heavy atom. The zero-order chi connectivity index (χ0) is 28.5. The van der Waals surface area contributed by atoms with Gasteiger partial charge in [-0.15, -0.1) is 0 Å². The van der Waals surface area contributed by atoms with Gasteiger partial charge in [0.25, 0.3) is 0 Å². The number of rotatable bonds is 10. The van der Waals surface area contributed by atoms with Crippen molar-refractivity contribution >= 4 is 49.8 Å². The van der Waals surface area contributed by atoms with Crippen LogP contribution in [0.25, 0.3) is 11.1 Å². The van der Waals surface area contributed by atoms with Gasteiger partial charge in [0.05, 0.1) is 12.8 Å². The van der Waals surface area contributed by atoms with Crippen molar-refractivity contribution in [2.24, 2.45) is 0 Å². The number of piperidine rings is 1. The molecule has 0 aliphatic carbocycles. The molecule has 9 heteroatoms. The van der Waals surface area contributed by atoms with Gasteiger partial charge in [-0.3, -0.25) is 9.59 Å². The second-order valence-corrected chi connectivity index (χ2v) is 15.2. The molecule has 40 heavy (non-hydrogen) atoms. The number of hydrogen-bond acceptors (Lipinski definition) is 6. The molecule has 3 aromatic rings. The van der Waals surface area contributed by atoms with Crippen LogP contribution in [0.2, 0.25) is 0 Å². The first kappa shape index (κ1) is 29.5. The van der Waals surface area contributed by atoms with Crippen molar-refractivity contribution in [3.63, 3.8) is 0 Å². The van der Waals surface area contributed by atoms with Crippen molar-refractivity contribution in [2.45, 2.75) is 31.8 Å². The number of anilines is 2. The molecule has 0 radical (unpaired) electrons.